The summed E-state index contributed by atoms with van der Waals surface area (Å²) in [6.07, 6.45) is 1.97. The molecule has 4 rings (SSSR count). The largest absolute Gasteiger partial charge is 0.497 e. The number of anilines is 1. The average Bonchev–Trinajstić information content (AvgIpc) is 3.08. The van der Waals surface area contributed by atoms with E-state index < -0.39 is 0 Å². The highest BCUT2D eigenvalue weighted by molar-refractivity contribution is 8.01. The number of hydrogen-bond acceptors (Lipinski definition) is 5. The zero-order chi connectivity index (χ0) is 17.2. The van der Waals surface area contributed by atoms with Gasteiger partial charge in [0.1, 0.15) is 5.75 Å². The molecular formula is C19H18N2O2S2. The zero-order valence-electron chi connectivity index (χ0n) is 13.9. The molecular weight excluding hydrogens is 352 g/mol. The van der Waals surface area contributed by atoms with Gasteiger partial charge in [-0.05, 0) is 48.7 Å². The summed E-state index contributed by atoms with van der Waals surface area (Å²) < 4.78 is 7.40. The second-order valence-electron chi connectivity index (χ2n) is 5.88. The van der Waals surface area contributed by atoms with Crippen molar-refractivity contribution < 1.29 is 9.53 Å². The molecule has 0 spiro atoms. The number of thiazole rings is 1. The maximum Gasteiger partial charge on any atom is 0.237 e. The van der Waals surface area contributed by atoms with Crippen molar-refractivity contribution >= 4 is 44.9 Å². The molecule has 4 nitrogen and oxygen atoms in total. The smallest absolute Gasteiger partial charge is 0.237 e. The van der Waals surface area contributed by atoms with Crippen LogP contribution in [0.25, 0.3) is 10.2 Å². The SMILES string of the molecule is COc1ccc2c(c1)CCCN2C(=O)CSc1nc2ccccc2s1. The van der Waals surface area contributed by atoms with E-state index in [1.165, 1.54) is 17.3 Å². The molecule has 0 saturated heterocycles. The monoisotopic (exact) mass is 370 g/mol. The first-order chi connectivity index (χ1) is 12.2. The van der Waals surface area contributed by atoms with E-state index in [1.54, 1.807) is 18.4 Å². The van der Waals surface area contributed by atoms with Crippen molar-refractivity contribution in [3.63, 3.8) is 0 Å². The first-order valence-electron chi connectivity index (χ1n) is 8.20. The number of para-hydroxylation sites is 1. The Labute approximate surface area is 154 Å². The van der Waals surface area contributed by atoms with Crippen molar-refractivity contribution in [3.8, 4) is 5.75 Å². The third kappa shape index (κ3) is 3.37. The summed E-state index contributed by atoms with van der Waals surface area (Å²) in [6, 6.07) is 14.0. The third-order valence-electron chi connectivity index (χ3n) is 4.30. The minimum absolute atomic E-state index is 0.135. The lowest BCUT2D eigenvalue weighted by molar-refractivity contribution is -0.116. The number of aryl methyl sites for hydroxylation is 1. The molecule has 1 aliphatic rings. The highest BCUT2D eigenvalue weighted by Crippen LogP contribution is 2.33. The van der Waals surface area contributed by atoms with Crippen LogP contribution in [0.5, 0.6) is 5.75 Å². The number of aromatic nitrogens is 1. The fourth-order valence-electron chi connectivity index (χ4n) is 3.07. The highest BCUT2D eigenvalue weighted by atomic mass is 32.2. The highest BCUT2D eigenvalue weighted by Gasteiger charge is 2.23. The van der Waals surface area contributed by atoms with E-state index in [9.17, 15) is 4.79 Å². The van der Waals surface area contributed by atoms with E-state index in [0.29, 0.717) is 5.75 Å². The van der Waals surface area contributed by atoms with Crippen LogP contribution in [0.15, 0.2) is 46.8 Å². The van der Waals surface area contributed by atoms with E-state index in [1.807, 2.05) is 41.3 Å². The molecule has 25 heavy (non-hydrogen) atoms. The van der Waals surface area contributed by atoms with Crippen LogP contribution in [0, 0.1) is 0 Å². The molecule has 0 N–H and O–H groups in total. The number of benzene rings is 2. The molecule has 1 amide bonds. The van der Waals surface area contributed by atoms with Crippen LogP contribution >= 0.6 is 23.1 Å². The Balaban J connectivity index is 1.48. The normalized spacial score (nSPS) is 13.7. The molecule has 0 bridgehead atoms. The number of nitrogens with zero attached hydrogens (tertiary/aromatic N) is 2. The van der Waals surface area contributed by atoms with Gasteiger partial charge in [0.05, 0.1) is 23.1 Å². The number of rotatable bonds is 4. The summed E-state index contributed by atoms with van der Waals surface area (Å²) >= 11 is 3.16. The number of thioether (sulfide) groups is 1. The van der Waals surface area contributed by atoms with Crippen molar-refractivity contribution in [2.24, 2.45) is 0 Å². The van der Waals surface area contributed by atoms with Crippen LogP contribution in [0.3, 0.4) is 0 Å². The number of carbonyl (C=O) groups excluding carboxylic acids is 1. The molecule has 3 aromatic rings. The number of ether oxygens (including phenoxy) is 1. The predicted octanol–water partition coefficient (Wildman–Crippen LogP) is 4.38. The molecule has 0 fully saturated rings. The van der Waals surface area contributed by atoms with Crippen molar-refractivity contribution in [2.45, 2.75) is 17.2 Å². The molecule has 0 aliphatic carbocycles. The molecule has 2 heterocycles. The van der Waals surface area contributed by atoms with Crippen LogP contribution in [0.4, 0.5) is 5.69 Å². The summed E-state index contributed by atoms with van der Waals surface area (Å²) in [5, 5.41) is 0. The van der Waals surface area contributed by atoms with Gasteiger partial charge >= 0.3 is 0 Å². The van der Waals surface area contributed by atoms with Crippen LogP contribution in [-0.4, -0.2) is 30.3 Å². The molecule has 0 radical (unpaired) electrons. The van der Waals surface area contributed by atoms with Gasteiger partial charge in [0, 0.05) is 12.2 Å². The third-order valence-corrected chi connectivity index (χ3v) is 6.46. The maximum absolute atomic E-state index is 12.8. The summed E-state index contributed by atoms with van der Waals surface area (Å²) in [4.78, 5) is 19.2. The van der Waals surface area contributed by atoms with Crippen molar-refractivity contribution in [1.82, 2.24) is 4.98 Å². The van der Waals surface area contributed by atoms with Gasteiger partial charge in [-0.3, -0.25) is 4.79 Å². The fraction of sp³-hybridized carbons (Fsp3) is 0.263. The minimum atomic E-state index is 0.135. The number of fused-ring (bicyclic) bond motifs is 2. The van der Waals surface area contributed by atoms with E-state index in [-0.39, 0.29) is 5.91 Å². The molecule has 128 valence electrons. The molecule has 0 atom stereocenters. The van der Waals surface area contributed by atoms with Gasteiger partial charge in [-0.2, -0.15) is 0 Å². The Morgan fingerprint density at radius 1 is 1.32 bits per heavy atom. The summed E-state index contributed by atoms with van der Waals surface area (Å²) in [6.45, 7) is 0.776. The molecule has 2 aromatic carbocycles. The van der Waals surface area contributed by atoms with Gasteiger partial charge in [-0.25, -0.2) is 4.98 Å². The summed E-state index contributed by atoms with van der Waals surface area (Å²) in [5.41, 5.74) is 3.20. The van der Waals surface area contributed by atoms with E-state index in [2.05, 4.69) is 11.1 Å². The van der Waals surface area contributed by atoms with Crippen LogP contribution in [0.2, 0.25) is 0 Å². The Kier molecular flexibility index (Phi) is 4.63. The van der Waals surface area contributed by atoms with E-state index in [4.69, 9.17) is 4.74 Å². The lowest BCUT2D eigenvalue weighted by Gasteiger charge is -2.29. The molecule has 0 unspecified atom stereocenters. The second-order valence-corrected chi connectivity index (χ2v) is 8.13. The zero-order valence-corrected chi connectivity index (χ0v) is 15.5. The van der Waals surface area contributed by atoms with Crippen LogP contribution < -0.4 is 9.64 Å². The summed E-state index contributed by atoms with van der Waals surface area (Å²) in [7, 11) is 1.67. The van der Waals surface area contributed by atoms with Gasteiger partial charge in [-0.1, -0.05) is 23.9 Å². The van der Waals surface area contributed by atoms with Gasteiger partial charge in [0.15, 0.2) is 4.34 Å². The topological polar surface area (TPSA) is 42.4 Å². The number of amides is 1. The number of methoxy groups -OCH3 is 1. The Morgan fingerprint density at radius 2 is 2.20 bits per heavy atom. The van der Waals surface area contributed by atoms with Crippen molar-refractivity contribution in [1.29, 1.82) is 0 Å². The van der Waals surface area contributed by atoms with Gasteiger partial charge < -0.3 is 9.64 Å². The fourth-order valence-corrected chi connectivity index (χ4v) is 5.02. The maximum atomic E-state index is 12.8. The predicted molar refractivity (Wildman–Crippen MR) is 104 cm³/mol. The van der Waals surface area contributed by atoms with Gasteiger partial charge in [0.2, 0.25) is 5.91 Å². The summed E-state index contributed by atoms with van der Waals surface area (Å²) in [5.74, 6) is 1.39. The Hall–Kier alpha value is -2.05. The lowest BCUT2D eigenvalue weighted by atomic mass is 10.0. The standard InChI is InChI=1S/C19H18N2O2S2/c1-23-14-8-9-16-13(11-14)5-4-10-21(16)18(22)12-24-19-20-15-6-2-3-7-17(15)25-19/h2-3,6-9,11H,4-5,10,12H2,1H3. The molecule has 1 aliphatic heterocycles. The van der Waals surface area contributed by atoms with Crippen molar-refractivity contribution in [3.05, 3.63) is 48.0 Å². The van der Waals surface area contributed by atoms with Gasteiger partial charge in [-0.15, -0.1) is 11.3 Å². The van der Waals surface area contributed by atoms with Gasteiger partial charge in [0.25, 0.3) is 0 Å². The van der Waals surface area contributed by atoms with E-state index >= 15 is 0 Å². The lowest BCUT2D eigenvalue weighted by Crippen LogP contribution is -2.36. The molecule has 0 saturated carbocycles. The molecule has 6 heteroatoms. The Bertz CT molecular complexity index is 890. The average molecular weight is 370 g/mol. The Morgan fingerprint density at radius 3 is 3.04 bits per heavy atom. The minimum Gasteiger partial charge on any atom is -0.497 e. The van der Waals surface area contributed by atoms with Crippen LogP contribution in [-0.2, 0) is 11.2 Å². The van der Waals surface area contributed by atoms with Crippen LogP contribution in [0.1, 0.15) is 12.0 Å². The quantitative estimate of drug-likeness (QED) is 0.639. The second kappa shape index (κ2) is 7.06. The van der Waals surface area contributed by atoms with E-state index in [0.717, 1.165) is 45.4 Å². The van der Waals surface area contributed by atoms with Crippen molar-refractivity contribution in [2.75, 3.05) is 24.3 Å². The number of hydrogen-bond donors (Lipinski definition) is 0. The first kappa shape index (κ1) is 16.4. The number of carbonyl (C=O) groups is 1. The molecule has 1 aromatic heterocycles. The first-order valence-corrected chi connectivity index (χ1v) is 10.0.